The Morgan fingerprint density at radius 2 is 1.46 bits per heavy atom. The fourth-order valence-electron chi connectivity index (χ4n) is 2.80. The number of hydrogen-bond donors (Lipinski definition) is 3. The van der Waals surface area contributed by atoms with E-state index in [1.807, 2.05) is 0 Å². The molecular weight excluding hydrogens is 302 g/mol. The molecule has 4 nitrogen and oxygen atoms in total. The van der Waals surface area contributed by atoms with Crippen LogP contribution in [0.15, 0.2) is 11.8 Å². The topological polar surface area (TPSA) is 69.6 Å². The van der Waals surface area contributed by atoms with E-state index in [9.17, 15) is 4.79 Å². The Bertz CT molecular complexity index is 316. The molecule has 0 aliphatic rings. The molecule has 0 aromatic carbocycles. The number of aliphatic hydroxyl groups excluding tert-OH is 1. The second-order valence-electron chi connectivity index (χ2n) is 6.60. The summed E-state index contributed by atoms with van der Waals surface area (Å²) in [5, 5.41) is 20.9. The van der Waals surface area contributed by atoms with E-state index in [0.29, 0.717) is 13.0 Å². The summed E-state index contributed by atoms with van der Waals surface area (Å²) in [7, 11) is 0. The summed E-state index contributed by atoms with van der Waals surface area (Å²) in [4.78, 5) is 10.4. The van der Waals surface area contributed by atoms with Crippen molar-refractivity contribution in [3.63, 3.8) is 0 Å². The van der Waals surface area contributed by atoms with Crippen LogP contribution in [-0.2, 0) is 4.79 Å². The molecular formula is C20H39NO3. The first-order chi connectivity index (χ1) is 11.7. The third-order valence-electron chi connectivity index (χ3n) is 4.25. The van der Waals surface area contributed by atoms with Crippen LogP contribution in [0.5, 0.6) is 0 Å². The van der Waals surface area contributed by atoms with E-state index in [0.717, 1.165) is 44.9 Å². The van der Waals surface area contributed by atoms with Crippen LogP contribution in [0.4, 0.5) is 0 Å². The Morgan fingerprint density at radius 3 is 2.08 bits per heavy atom. The van der Waals surface area contributed by atoms with E-state index in [-0.39, 0.29) is 6.61 Å². The van der Waals surface area contributed by atoms with Crippen LogP contribution in [0.25, 0.3) is 0 Å². The van der Waals surface area contributed by atoms with Gasteiger partial charge in [-0.05, 0) is 32.1 Å². The molecule has 3 N–H and O–H groups in total. The van der Waals surface area contributed by atoms with Gasteiger partial charge in [-0.2, -0.15) is 0 Å². The molecule has 4 heteroatoms. The quantitative estimate of drug-likeness (QED) is 0.306. The van der Waals surface area contributed by atoms with Gasteiger partial charge in [0.05, 0.1) is 6.61 Å². The van der Waals surface area contributed by atoms with Gasteiger partial charge < -0.3 is 15.5 Å². The van der Waals surface area contributed by atoms with E-state index in [4.69, 9.17) is 10.2 Å². The first-order valence-corrected chi connectivity index (χ1v) is 9.96. The number of carbonyl (C=O) groups is 1. The maximum Gasteiger partial charge on any atom is 0.303 e. The van der Waals surface area contributed by atoms with Crippen LogP contribution in [0.2, 0.25) is 0 Å². The van der Waals surface area contributed by atoms with E-state index in [2.05, 4.69) is 18.3 Å². The minimum atomic E-state index is -0.692. The molecule has 0 aromatic rings. The maximum atomic E-state index is 10.4. The highest BCUT2D eigenvalue weighted by Crippen LogP contribution is 2.13. The molecule has 24 heavy (non-hydrogen) atoms. The van der Waals surface area contributed by atoms with Gasteiger partial charge in [0.1, 0.15) is 0 Å². The third kappa shape index (κ3) is 17.3. The third-order valence-corrected chi connectivity index (χ3v) is 4.25. The van der Waals surface area contributed by atoms with Crippen molar-refractivity contribution in [3.05, 3.63) is 11.8 Å². The summed E-state index contributed by atoms with van der Waals surface area (Å²) < 4.78 is 0. The van der Waals surface area contributed by atoms with E-state index in [1.54, 1.807) is 0 Å². The van der Waals surface area contributed by atoms with Gasteiger partial charge in [0.15, 0.2) is 0 Å². The number of nitrogens with one attached hydrogen (secondary N) is 1. The number of allylic oxidation sites excluding steroid dienone is 2. The molecule has 0 saturated heterocycles. The van der Waals surface area contributed by atoms with Gasteiger partial charge >= 0.3 is 5.97 Å². The Balaban J connectivity index is 3.74. The van der Waals surface area contributed by atoms with Crippen molar-refractivity contribution < 1.29 is 15.0 Å². The minimum absolute atomic E-state index is 0.170. The van der Waals surface area contributed by atoms with Crippen LogP contribution >= 0.6 is 0 Å². The fourth-order valence-corrected chi connectivity index (χ4v) is 2.80. The summed E-state index contributed by atoms with van der Waals surface area (Å²) in [5.74, 6) is -0.692. The van der Waals surface area contributed by atoms with Crippen molar-refractivity contribution in [1.29, 1.82) is 0 Å². The molecule has 0 saturated carbocycles. The summed E-state index contributed by atoms with van der Waals surface area (Å²) in [6.07, 6.45) is 17.9. The lowest BCUT2D eigenvalue weighted by atomic mass is 10.1. The fraction of sp³-hybridized carbons (Fsp3) is 0.850. The smallest absolute Gasteiger partial charge is 0.303 e. The molecule has 0 atom stereocenters. The highest BCUT2D eigenvalue weighted by molar-refractivity contribution is 5.66. The second kappa shape index (κ2) is 18.3. The zero-order chi connectivity index (χ0) is 17.9. The molecule has 0 aromatic heterocycles. The van der Waals surface area contributed by atoms with Crippen LogP contribution in [0.3, 0.4) is 0 Å². The molecule has 0 rings (SSSR count). The number of hydrogen-bond acceptors (Lipinski definition) is 3. The van der Waals surface area contributed by atoms with Gasteiger partial charge in [-0.25, -0.2) is 0 Å². The molecule has 0 aliphatic carbocycles. The Hall–Kier alpha value is -1.03. The molecule has 0 fully saturated rings. The normalized spacial score (nSPS) is 11.7. The van der Waals surface area contributed by atoms with Crippen molar-refractivity contribution in [2.75, 3.05) is 13.2 Å². The predicted molar refractivity (Wildman–Crippen MR) is 101 cm³/mol. The van der Waals surface area contributed by atoms with Crippen LogP contribution in [0, 0.1) is 0 Å². The summed E-state index contributed by atoms with van der Waals surface area (Å²) >= 11 is 0. The highest BCUT2D eigenvalue weighted by Gasteiger charge is 1.99. The van der Waals surface area contributed by atoms with Crippen molar-refractivity contribution >= 4 is 5.97 Å². The molecule has 0 bridgehead atoms. The molecule has 0 unspecified atom stereocenters. The van der Waals surface area contributed by atoms with Gasteiger partial charge in [-0.3, -0.25) is 4.79 Å². The molecule has 0 amide bonds. The number of aliphatic carboxylic acids is 1. The van der Waals surface area contributed by atoms with E-state index in [1.165, 1.54) is 44.2 Å². The lowest BCUT2D eigenvalue weighted by Gasteiger charge is -2.10. The first kappa shape index (κ1) is 23.0. The van der Waals surface area contributed by atoms with Crippen LogP contribution < -0.4 is 5.32 Å². The number of unbranched alkanes of at least 4 members (excludes halogenated alkanes) is 10. The zero-order valence-electron chi connectivity index (χ0n) is 15.7. The lowest BCUT2D eigenvalue weighted by molar-refractivity contribution is -0.137. The molecule has 0 heterocycles. The first-order valence-electron chi connectivity index (χ1n) is 9.96. The van der Waals surface area contributed by atoms with E-state index >= 15 is 0 Å². The number of aliphatic hydroxyl groups is 1. The lowest BCUT2D eigenvalue weighted by Crippen LogP contribution is -2.17. The zero-order valence-corrected chi connectivity index (χ0v) is 15.7. The highest BCUT2D eigenvalue weighted by atomic mass is 16.4. The summed E-state index contributed by atoms with van der Waals surface area (Å²) in [6, 6.07) is 0. The van der Waals surface area contributed by atoms with E-state index < -0.39 is 5.97 Å². The SMILES string of the molecule is CCCCCCCC/C=C(\CCCCCCCC(=O)O)NCCO. The van der Waals surface area contributed by atoms with Crippen molar-refractivity contribution in [2.24, 2.45) is 0 Å². The molecule has 0 aliphatic heterocycles. The van der Waals surface area contributed by atoms with Gasteiger partial charge in [0.2, 0.25) is 0 Å². The van der Waals surface area contributed by atoms with Gasteiger partial charge in [0.25, 0.3) is 0 Å². The summed E-state index contributed by atoms with van der Waals surface area (Å²) in [6.45, 7) is 3.04. The van der Waals surface area contributed by atoms with Crippen molar-refractivity contribution in [2.45, 2.75) is 96.8 Å². The monoisotopic (exact) mass is 341 g/mol. The minimum Gasteiger partial charge on any atom is -0.481 e. The van der Waals surface area contributed by atoms with Crippen molar-refractivity contribution in [1.82, 2.24) is 5.32 Å². The largest absolute Gasteiger partial charge is 0.481 e. The Morgan fingerprint density at radius 1 is 0.875 bits per heavy atom. The average molecular weight is 342 g/mol. The number of carboxylic acid groups (broad SMARTS) is 1. The maximum absolute atomic E-state index is 10.4. The van der Waals surface area contributed by atoms with Gasteiger partial charge in [-0.1, -0.05) is 64.4 Å². The Labute approximate surface area is 148 Å². The number of carboxylic acids is 1. The average Bonchev–Trinajstić information content (AvgIpc) is 2.56. The Kier molecular flexibility index (Phi) is 17.5. The molecule has 0 radical (unpaired) electrons. The standard InChI is InChI=1S/C20H39NO3/c1-2-3-4-5-6-8-11-14-19(21-17-18-22)15-12-9-7-10-13-16-20(23)24/h14,21-22H,2-13,15-18H2,1H3,(H,23,24)/b19-14+. The predicted octanol–water partition coefficient (Wildman–Crippen LogP) is 5.02. The van der Waals surface area contributed by atoms with Gasteiger partial charge in [-0.15, -0.1) is 0 Å². The summed E-state index contributed by atoms with van der Waals surface area (Å²) in [5.41, 5.74) is 1.27. The van der Waals surface area contributed by atoms with Crippen molar-refractivity contribution in [3.8, 4) is 0 Å². The van der Waals surface area contributed by atoms with Crippen LogP contribution in [-0.4, -0.2) is 29.3 Å². The molecule has 142 valence electrons. The molecule has 0 spiro atoms. The van der Waals surface area contributed by atoms with Gasteiger partial charge in [0, 0.05) is 18.7 Å². The number of rotatable bonds is 18. The van der Waals surface area contributed by atoms with Crippen LogP contribution in [0.1, 0.15) is 96.8 Å². The second-order valence-corrected chi connectivity index (χ2v) is 6.60.